The van der Waals surface area contributed by atoms with Crippen molar-refractivity contribution in [2.45, 2.75) is 32.6 Å². The summed E-state index contributed by atoms with van der Waals surface area (Å²) in [6.45, 7) is 2.24. The van der Waals surface area contributed by atoms with Crippen molar-refractivity contribution in [1.29, 1.82) is 0 Å². The van der Waals surface area contributed by atoms with E-state index in [1.807, 2.05) is 0 Å². The molecule has 1 aromatic carbocycles. The summed E-state index contributed by atoms with van der Waals surface area (Å²) in [6, 6.07) is 6.69. The molecule has 1 fully saturated rings. The number of hydrogen-bond acceptors (Lipinski definition) is 2. The Morgan fingerprint density at radius 3 is 2.65 bits per heavy atom. The Balaban J connectivity index is 1.93. The molecule has 0 unspecified atom stereocenters. The molecule has 1 saturated carbocycles. The lowest BCUT2D eigenvalue weighted by Gasteiger charge is -2.25. The van der Waals surface area contributed by atoms with Crippen LogP contribution in [0.4, 0.5) is 5.69 Å². The third kappa shape index (κ3) is 3.22. The van der Waals surface area contributed by atoms with E-state index in [4.69, 9.17) is 0 Å². The Kier molecular flexibility index (Phi) is 3.67. The van der Waals surface area contributed by atoms with Crippen LogP contribution in [0, 0.1) is 11.8 Å². The van der Waals surface area contributed by atoms with Crippen LogP contribution in [0.3, 0.4) is 0 Å². The number of rotatable bonds is 2. The molecule has 1 aromatic rings. The maximum atomic E-state index is 12.0. The van der Waals surface area contributed by atoms with Crippen molar-refractivity contribution in [2.24, 2.45) is 11.8 Å². The van der Waals surface area contributed by atoms with Crippen LogP contribution in [0.15, 0.2) is 24.3 Å². The lowest BCUT2D eigenvalue weighted by Crippen LogP contribution is -2.26. The van der Waals surface area contributed by atoms with E-state index in [9.17, 15) is 9.90 Å². The average molecular weight is 233 g/mol. The number of aromatic hydroxyl groups is 1. The van der Waals surface area contributed by atoms with Crippen molar-refractivity contribution >= 4 is 11.6 Å². The van der Waals surface area contributed by atoms with Gasteiger partial charge in [0.05, 0.1) is 0 Å². The van der Waals surface area contributed by atoms with Crippen molar-refractivity contribution in [3.05, 3.63) is 24.3 Å². The standard InChI is InChI=1S/C14H19NO2/c1-10-5-7-11(8-6-10)14(17)15-12-3-2-4-13(16)9-12/h2-4,9-11,16H,5-8H2,1H3,(H,15,17). The summed E-state index contributed by atoms with van der Waals surface area (Å²) in [5.41, 5.74) is 0.675. The van der Waals surface area contributed by atoms with Crippen LogP contribution in [0.2, 0.25) is 0 Å². The van der Waals surface area contributed by atoms with Crippen LogP contribution in [0.5, 0.6) is 5.75 Å². The summed E-state index contributed by atoms with van der Waals surface area (Å²) >= 11 is 0. The summed E-state index contributed by atoms with van der Waals surface area (Å²) in [7, 11) is 0. The smallest absolute Gasteiger partial charge is 0.227 e. The number of amides is 1. The van der Waals surface area contributed by atoms with Crippen LogP contribution < -0.4 is 5.32 Å². The first-order valence-electron chi connectivity index (χ1n) is 6.25. The highest BCUT2D eigenvalue weighted by molar-refractivity contribution is 5.92. The lowest BCUT2D eigenvalue weighted by atomic mass is 9.82. The van der Waals surface area contributed by atoms with Crippen LogP contribution in [-0.2, 0) is 4.79 Å². The minimum Gasteiger partial charge on any atom is -0.508 e. The van der Waals surface area contributed by atoms with Gasteiger partial charge < -0.3 is 10.4 Å². The molecule has 0 aromatic heterocycles. The Morgan fingerprint density at radius 2 is 2.00 bits per heavy atom. The van der Waals surface area contributed by atoms with Gasteiger partial charge in [-0.2, -0.15) is 0 Å². The Hall–Kier alpha value is -1.51. The lowest BCUT2D eigenvalue weighted by molar-refractivity contribution is -0.121. The maximum absolute atomic E-state index is 12.0. The Labute approximate surface area is 102 Å². The second-order valence-corrected chi connectivity index (χ2v) is 5.00. The third-order valence-electron chi connectivity index (χ3n) is 3.50. The van der Waals surface area contributed by atoms with E-state index in [1.165, 1.54) is 0 Å². The van der Waals surface area contributed by atoms with Crippen molar-refractivity contribution < 1.29 is 9.90 Å². The zero-order valence-corrected chi connectivity index (χ0v) is 10.1. The van der Waals surface area contributed by atoms with E-state index in [0.29, 0.717) is 5.69 Å². The number of nitrogens with one attached hydrogen (secondary N) is 1. The summed E-state index contributed by atoms with van der Waals surface area (Å²) in [4.78, 5) is 12.0. The fourth-order valence-electron chi connectivity index (χ4n) is 2.35. The highest BCUT2D eigenvalue weighted by Gasteiger charge is 2.24. The van der Waals surface area contributed by atoms with Crippen molar-refractivity contribution in [3.8, 4) is 5.75 Å². The minimum atomic E-state index is 0.0856. The molecule has 1 aliphatic rings. The zero-order chi connectivity index (χ0) is 12.3. The second-order valence-electron chi connectivity index (χ2n) is 5.00. The molecule has 0 atom stereocenters. The normalized spacial score (nSPS) is 24.3. The van der Waals surface area contributed by atoms with Crippen LogP contribution >= 0.6 is 0 Å². The summed E-state index contributed by atoms with van der Waals surface area (Å²) < 4.78 is 0. The topological polar surface area (TPSA) is 49.3 Å². The van der Waals surface area contributed by atoms with Crippen LogP contribution in [0.1, 0.15) is 32.6 Å². The summed E-state index contributed by atoms with van der Waals surface area (Å²) in [5, 5.41) is 12.2. The molecule has 1 aliphatic carbocycles. The van der Waals surface area contributed by atoms with Gasteiger partial charge in [0, 0.05) is 17.7 Å². The van der Waals surface area contributed by atoms with E-state index in [2.05, 4.69) is 12.2 Å². The number of benzene rings is 1. The molecule has 0 radical (unpaired) electrons. The maximum Gasteiger partial charge on any atom is 0.227 e. The molecular formula is C14H19NO2. The monoisotopic (exact) mass is 233 g/mol. The summed E-state index contributed by atoms with van der Waals surface area (Å²) in [6.07, 6.45) is 4.23. The van der Waals surface area contributed by atoms with Gasteiger partial charge >= 0.3 is 0 Å². The number of anilines is 1. The molecule has 1 amide bonds. The van der Waals surface area contributed by atoms with Gasteiger partial charge in [-0.3, -0.25) is 4.79 Å². The third-order valence-corrected chi connectivity index (χ3v) is 3.50. The molecule has 17 heavy (non-hydrogen) atoms. The van der Waals surface area contributed by atoms with Gasteiger partial charge in [-0.1, -0.05) is 13.0 Å². The molecule has 92 valence electrons. The van der Waals surface area contributed by atoms with E-state index >= 15 is 0 Å². The number of phenols is 1. The highest BCUT2D eigenvalue weighted by Crippen LogP contribution is 2.29. The largest absolute Gasteiger partial charge is 0.508 e. The molecule has 2 rings (SSSR count). The van der Waals surface area contributed by atoms with E-state index in [0.717, 1.165) is 31.6 Å². The predicted octanol–water partition coefficient (Wildman–Crippen LogP) is 3.16. The average Bonchev–Trinajstić information content (AvgIpc) is 2.29. The fourth-order valence-corrected chi connectivity index (χ4v) is 2.35. The molecule has 3 nitrogen and oxygen atoms in total. The van der Waals surface area contributed by atoms with Crippen molar-refractivity contribution in [2.75, 3.05) is 5.32 Å². The molecule has 0 aliphatic heterocycles. The second kappa shape index (κ2) is 5.21. The van der Waals surface area contributed by atoms with E-state index in [-0.39, 0.29) is 17.6 Å². The van der Waals surface area contributed by atoms with E-state index in [1.54, 1.807) is 24.3 Å². The summed E-state index contributed by atoms with van der Waals surface area (Å²) in [5.74, 6) is 1.15. The molecule has 0 saturated heterocycles. The Bertz CT molecular complexity index is 395. The first-order chi connectivity index (χ1) is 8.15. The molecule has 2 N–H and O–H groups in total. The Morgan fingerprint density at radius 1 is 1.29 bits per heavy atom. The van der Waals surface area contributed by atoms with Crippen molar-refractivity contribution in [1.82, 2.24) is 0 Å². The van der Waals surface area contributed by atoms with E-state index < -0.39 is 0 Å². The van der Waals surface area contributed by atoms with Crippen LogP contribution in [-0.4, -0.2) is 11.0 Å². The van der Waals surface area contributed by atoms with Gasteiger partial charge in [0.15, 0.2) is 0 Å². The van der Waals surface area contributed by atoms with Gasteiger partial charge in [-0.05, 0) is 43.7 Å². The van der Waals surface area contributed by atoms with Crippen LogP contribution in [0.25, 0.3) is 0 Å². The van der Waals surface area contributed by atoms with Crippen molar-refractivity contribution in [3.63, 3.8) is 0 Å². The number of phenolic OH excluding ortho intramolecular Hbond substituents is 1. The molecule has 3 heteroatoms. The quantitative estimate of drug-likeness (QED) is 0.824. The SMILES string of the molecule is CC1CCC(C(=O)Nc2cccc(O)c2)CC1. The number of carbonyl (C=O) groups is 1. The first kappa shape index (κ1) is 12.0. The highest BCUT2D eigenvalue weighted by atomic mass is 16.3. The van der Waals surface area contributed by atoms with Gasteiger partial charge in [-0.15, -0.1) is 0 Å². The molecule has 0 spiro atoms. The fraction of sp³-hybridized carbons (Fsp3) is 0.500. The predicted molar refractivity (Wildman–Crippen MR) is 67.9 cm³/mol. The first-order valence-corrected chi connectivity index (χ1v) is 6.25. The van der Waals surface area contributed by atoms with Gasteiger partial charge in [0.2, 0.25) is 5.91 Å². The molecule has 0 heterocycles. The number of carbonyl (C=O) groups excluding carboxylic acids is 1. The molecular weight excluding hydrogens is 214 g/mol. The van der Waals surface area contributed by atoms with Gasteiger partial charge in [0.1, 0.15) is 5.75 Å². The zero-order valence-electron chi connectivity index (χ0n) is 10.1. The van der Waals surface area contributed by atoms with Gasteiger partial charge in [-0.25, -0.2) is 0 Å². The minimum absolute atomic E-state index is 0.0856. The van der Waals surface area contributed by atoms with Gasteiger partial charge in [0.25, 0.3) is 0 Å². The number of hydrogen-bond donors (Lipinski definition) is 2. The molecule has 0 bridgehead atoms.